The van der Waals surface area contributed by atoms with Crippen LogP contribution in [0.3, 0.4) is 0 Å². The Balaban J connectivity index is 1.90. The molecule has 1 N–H and O–H groups in total. The summed E-state index contributed by atoms with van der Waals surface area (Å²) in [7, 11) is -1.71. The number of anilines is 1. The van der Waals surface area contributed by atoms with Crippen LogP contribution in [0, 0.1) is 16.0 Å². The first-order valence-corrected chi connectivity index (χ1v) is 8.52. The SMILES string of the molecule is CCS(=O)(=O)N1CC(CNc2ccc([N+](=O)[O-])c(OC)c2)C1. The molecular formula is C13H19N3O5S. The summed E-state index contributed by atoms with van der Waals surface area (Å²) in [6.07, 6.45) is 0. The minimum atomic E-state index is -3.09. The average Bonchev–Trinajstić information content (AvgIpc) is 2.44. The van der Waals surface area contributed by atoms with Gasteiger partial charge >= 0.3 is 5.69 Å². The summed E-state index contributed by atoms with van der Waals surface area (Å²) in [5.41, 5.74) is 0.621. The predicted molar refractivity (Wildman–Crippen MR) is 82.7 cm³/mol. The molecule has 22 heavy (non-hydrogen) atoms. The molecule has 1 aromatic carbocycles. The highest BCUT2D eigenvalue weighted by molar-refractivity contribution is 7.89. The lowest BCUT2D eigenvalue weighted by Crippen LogP contribution is -2.52. The third-order valence-corrected chi connectivity index (χ3v) is 5.47. The second kappa shape index (κ2) is 6.49. The molecule has 122 valence electrons. The highest BCUT2D eigenvalue weighted by Crippen LogP contribution is 2.30. The van der Waals surface area contributed by atoms with Crippen LogP contribution in [0.25, 0.3) is 0 Å². The number of hydrogen-bond donors (Lipinski definition) is 1. The molecule has 0 amide bonds. The van der Waals surface area contributed by atoms with Crippen molar-refractivity contribution < 1.29 is 18.1 Å². The summed E-state index contributed by atoms with van der Waals surface area (Å²) in [5, 5.41) is 14.0. The van der Waals surface area contributed by atoms with Crippen molar-refractivity contribution in [2.24, 2.45) is 5.92 Å². The highest BCUT2D eigenvalue weighted by Gasteiger charge is 2.34. The topological polar surface area (TPSA) is 102 Å². The molecule has 0 aliphatic carbocycles. The van der Waals surface area contributed by atoms with E-state index >= 15 is 0 Å². The lowest BCUT2D eigenvalue weighted by molar-refractivity contribution is -0.385. The van der Waals surface area contributed by atoms with Crippen molar-refractivity contribution in [2.45, 2.75) is 6.92 Å². The minimum Gasteiger partial charge on any atom is -0.490 e. The number of rotatable bonds is 7. The second-order valence-electron chi connectivity index (χ2n) is 5.11. The Morgan fingerprint density at radius 3 is 2.68 bits per heavy atom. The fraction of sp³-hybridized carbons (Fsp3) is 0.538. The third kappa shape index (κ3) is 3.47. The lowest BCUT2D eigenvalue weighted by atomic mass is 10.0. The van der Waals surface area contributed by atoms with Crippen LogP contribution < -0.4 is 10.1 Å². The van der Waals surface area contributed by atoms with Crippen LogP contribution in [0.5, 0.6) is 5.75 Å². The number of nitro benzene ring substituents is 1. The van der Waals surface area contributed by atoms with Gasteiger partial charge in [-0.25, -0.2) is 12.7 Å². The standard InChI is InChI=1S/C13H19N3O5S/c1-3-22(19,20)15-8-10(9-15)7-14-11-4-5-12(16(17)18)13(6-11)21-2/h4-6,10,14H,3,7-9H2,1-2H3. The molecule has 0 aromatic heterocycles. The van der Waals surface area contributed by atoms with E-state index in [9.17, 15) is 18.5 Å². The van der Waals surface area contributed by atoms with Crippen molar-refractivity contribution in [3.8, 4) is 5.75 Å². The van der Waals surface area contributed by atoms with Crippen molar-refractivity contribution in [1.29, 1.82) is 0 Å². The van der Waals surface area contributed by atoms with E-state index in [1.165, 1.54) is 17.5 Å². The number of nitro groups is 1. The van der Waals surface area contributed by atoms with Gasteiger partial charge in [0.05, 0.1) is 17.8 Å². The predicted octanol–water partition coefficient (Wildman–Crippen LogP) is 1.30. The normalized spacial score (nSPS) is 16.1. The van der Waals surface area contributed by atoms with Gasteiger partial charge in [-0.2, -0.15) is 0 Å². The molecule has 9 heteroatoms. The maximum absolute atomic E-state index is 11.6. The van der Waals surface area contributed by atoms with E-state index in [-0.39, 0.29) is 23.1 Å². The second-order valence-corrected chi connectivity index (χ2v) is 7.37. The summed E-state index contributed by atoms with van der Waals surface area (Å²) in [5.74, 6) is 0.550. The summed E-state index contributed by atoms with van der Waals surface area (Å²) in [6.45, 7) is 3.25. The van der Waals surface area contributed by atoms with Gasteiger partial charge in [-0.1, -0.05) is 0 Å². The Morgan fingerprint density at radius 1 is 1.45 bits per heavy atom. The van der Waals surface area contributed by atoms with Gasteiger partial charge in [0.15, 0.2) is 5.75 Å². The number of hydrogen-bond acceptors (Lipinski definition) is 6. The van der Waals surface area contributed by atoms with Crippen LogP contribution >= 0.6 is 0 Å². The molecule has 0 saturated carbocycles. The average molecular weight is 329 g/mol. The third-order valence-electron chi connectivity index (χ3n) is 3.65. The number of methoxy groups -OCH3 is 1. The molecule has 1 heterocycles. The molecule has 0 spiro atoms. The molecular weight excluding hydrogens is 310 g/mol. The lowest BCUT2D eigenvalue weighted by Gasteiger charge is -2.38. The summed E-state index contributed by atoms with van der Waals surface area (Å²) < 4.78 is 29.7. The molecule has 1 aliphatic rings. The Labute approximate surface area is 129 Å². The summed E-state index contributed by atoms with van der Waals surface area (Å²) in [6, 6.07) is 4.56. The molecule has 1 aromatic rings. The first-order valence-electron chi connectivity index (χ1n) is 6.91. The number of benzene rings is 1. The molecule has 0 atom stereocenters. The zero-order chi connectivity index (χ0) is 16.3. The fourth-order valence-corrected chi connectivity index (χ4v) is 3.50. The molecule has 2 rings (SSSR count). The summed E-state index contributed by atoms with van der Waals surface area (Å²) in [4.78, 5) is 10.3. The molecule has 0 radical (unpaired) electrons. The Bertz CT molecular complexity index is 656. The largest absolute Gasteiger partial charge is 0.490 e. The van der Waals surface area contributed by atoms with Gasteiger partial charge in [0, 0.05) is 43.4 Å². The van der Waals surface area contributed by atoms with Gasteiger partial charge in [-0.15, -0.1) is 0 Å². The molecule has 0 bridgehead atoms. The monoisotopic (exact) mass is 329 g/mol. The molecule has 1 aliphatic heterocycles. The van der Waals surface area contributed by atoms with Gasteiger partial charge in [-0.3, -0.25) is 10.1 Å². The Kier molecular flexibility index (Phi) is 4.87. The maximum Gasteiger partial charge on any atom is 0.311 e. The van der Waals surface area contributed by atoms with Crippen molar-refractivity contribution in [3.63, 3.8) is 0 Å². The summed E-state index contributed by atoms with van der Waals surface area (Å²) >= 11 is 0. The van der Waals surface area contributed by atoms with E-state index in [0.29, 0.717) is 25.3 Å². The van der Waals surface area contributed by atoms with E-state index in [4.69, 9.17) is 4.74 Å². The van der Waals surface area contributed by atoms with Gasteiger partial charge < -0.3 is 10.1 Å². The van der Waals surface area contributed by atoms with Crippen molar-refractivity contribution in [2.75, 3.05) is 37.8 Å². The molecule has 0 unspecified atom stereocenters. The van der Waals surface area contributed by atoms with E-state index in [1.54, 1.807) is 19.1 Å². The van der Waals surface area contributed by atoms with E-state index in [2.05, 4.69) is 5.32 Å². The Hall–Kier alpha value is -1.87. The first-order chi connectivity index (χ1) is 10.4. The van der Waals surface area contributed by atoms with Gasteiger partial charge in [0.1, 0.15) is 0 Å². The number of nitrogens with zero attached hydrogens (tertiary/aromatic N) is 2. The van der Waals surface area contributed by atoms with E-state index < -0.39 is 14.9 Å². The van der Waals surface area contributed by atoms with Crippen molar-refractivity contribution >= 4 is 21.4 Å². The van der Waals surface area contributed by atoms with Crippen molar-refractivity contribution in [3.05, 3.63) is 28.3 Å². The Morgan fingerprint density at radius 2 is 2.14 bits per heavy atom. The first kappa shape index (κ1) is 16.5. The van der Waals surface area contributed by atoms with Crippen LogP contribution in [0.2, 0.25) is 0 Å². The number of ether oxygens (including phenoxy) is 1. The van der Waals surface area contributed by atoms with E-state index in [1.807, 2.05) is 0 Å². The maximum atomic E-state index is 11.6. The van der Waals surface area contributed by atoms with Crippen LogP contribution in [0.4, 0.5) is 11.4 Å². The van der Waals surface area contributed by atoms with Gasteiger partial charge in [-0.05, 0) is 13.0 Å². The minimum absolute atomic E-state index is 0.0862. The fourth-order valence-electron chi connectivity index (χ4n) is 2.26. The zero-order valence-electron chi connectivity index (χ0n) is 12.5. The smallest absolute Gasteiger partial charge is 0.311 e. The van der Waals surface area contributed by atoms with Gasteiger partial charge in [0.25, 0.3) is 0 Å². The van der Waals surface area contributed by atoms with Crippen molar-refractivity contribution in [1.82, 2.24) is 4.31 Å². The number of sulfonamides is 1. The van der Waals surface area contributed by atoms with Gasteiger partial charge in [0.2, 0.25) is 10.0 Å². The van der Waals surface area contributed by atoms with Crippen LogP contribution in [0.1, 0.15) is 6.92 Å². The van der Waals surface area contributed by atoms with Crippen LogP contribution in [0.15, 0.2) is 18.2 Å². The van der Waals surface area contributed by atoms with E-state index in [0.717, 1.165) is 0 Å². The van der Waals surface area contributed by atoms with Crippen LogP contribution in [-0.2, 0) is 10.0 Å². The molecule has 8 nitrogen and oxygen atoms in total. The van der Waals surface area contributed by atoms with Crippen LogP contribution in [-0.4, -0.2) is 50.1 Å². The zero-order valence-corrected chi connectivity index (χ0v) is 13.3. The molecule has 1 fully saturated rings. The number of nitrogens with one attached hydrogen (secondary N) is 1. The quantitative estimate of drug-likeness (QED) is 0.597. The molecule has 1 saturated heterocycles. The highest BCUT2D eigenvalue weighted by atomic mass is 32.2.